The Hall–Kier alpha value is -1.39. The highest BCUT2D eigenvalue weighted by Gasteiger charge is 2.31. The van der Waals surface area contributed by atoms with E-state index in [0.717, 1.165) is 13.1 Å². The van der Waals surface area contributed by atoms with Crippen molar-refractivity contribution in [3.05, 3.63) is 35.9 Å². The van der Waals surface area contributed by atoms with Gasteiger partial charge >= 0.3 is 0 Å². The standard InChI is InChI=1S/C16H24N2O2/c1-16(2,3)20-12-14-15(19)17-9-10-18(14)11-13-7-5-4-6-8-13/h4-8,14H,9-12H2,1-3H3,(H,17,19)/t14-/m1/s1. The molecule has 1 aromatic carbocycles. The number of carbonyl (C=O) groups is 1. The molecule has 4 heteroatoms. The van der Waals surface area contributed by atoms with Gasteiger partial charge in [0.2, 0.25) is 5.91 Å². The second-order valence-electron chi connectivity index (χ2n) is 6.19. The van der Waals surface area contributed by atoms with Crippen molar-refractivity contribution >= 4 is 5.91 Å². The van der Waals surface area contributed by atoms with Gasteiger partial charge in [-0.25, -0.2) is 0 Å². The van der Waals surface area contributed by atoms with Gasteiger partial charge in [-0.05, 0) is 26.3 Å². The molecule has 0 aromatic heterocycles. The van der Waals surface area contributed by atoms with Crippen molar-refractivity contribution in [2.75, 3.05) is 19.7 Å². The first kappa shape index (κ1) is 15.0. The summed E-state index contributed by atoms with van der Waals surface area (Å²) in [4.78, 5) is 14.3. The van der Waals surface area contributed by atoms with Crippen LogP contribution >= 0.6 is 0 Å². The van der Waals surface area contributed by atoms with Crippen molar-refractivity contribution in [3.8, 4) is 0 Å². The van der Waals surface area contributed by atoms with Crippen LogP contribution in [-0.2, 0) is 16.1 Å². The van der Waals surface area contributed by atoms with Gasteiger partial charge in [0.05, 0.1) is 12.2 Å². The molecule has 0 radical (unpaired) electrons. The Labute approximate surface area is 121 Å². The molecule has 1 aromatic rings. The number of piperazine rings is 1. The Morgan fingerprint density at radius 3 is 2.65 bits per heavy atom. The summed E-state index contributed by atoms with van der Waals surface area (Å²) in [7, 11) is 0. The van der Waals surface area contributed by atoms with Crippen LogP contribution < -0.4 is 5.32 Å². The molecule has 1 N–H and O–H groups in total. The molecule has 2 rings (SSSR count). The van der Waals surface area contributed by atoms with E-state index in [-0.39, 0.29) is 17.6 Å². The van der Waals surface area contributed by atoms with Crippen LogP contribution in [0.5, 0.6) is 0 Å². The van der Waals surface area contributed by atoms with Gasteiger partial charge < -0.3 is 10.1 Å². The molecule has 1 fully saturated rings. The summed E-state index contributed by atoms with van der Waals surface area (Å²) in [5, 5.41) is 2.92. The first-order chi connectivity index (χ1) is 9.46. The largest absolute Gasteiger partial charge is 0.374 e. The van der Waals surface area contributed by atoms with Gasteiger partial charge in [0, 0.05) is 19.6 Å². The van der Waals surface area contributed by atoms with Gasteiger partial charge in [-0.3, -0.25) is 9.69 Å². The third kappa shape index (κ3) is 4.32. The summed E-state index contributed by atoms with van der Waals surface area (Å²) in [6.07, 6.45) is 0. The van der Waals surface area contributed by atoms with Gasteiger partial charge in [0.1, 0.15) is 6.04 Å². The van der Waals surface area contributed by atoms with Crippen LogP contribution in [0, 0.1) is 0 Å². The minimum absolute atomic E-state index is 0.0661. The number of hydrogen-bond acceptors (Lipinski definition) is 3. The average molecular weight is 276 g/mol. The molecule has 1 amide bonds. The summed E-state index contributed by atoms with van der Waals surface area (Å²) in [5.74, 6) is 0.0661. The molecule has 1 aliphatic rings. The summed E-state index contributed by atoms with van der Waals surface area (Å²) in [6.45, 7) is 8.81. The molecule has 20 heavy (non-hydrogen) atoms. The zero-order valence-electron chi connectivity index (χ0n) is 12.6. The highest BCUT2D eigenvalue weighted by Crippen LogP contribution is 2.14. The van der Waals surface area contributed by atoms with Gasteiger partial charge in [0.25, 0.3) is 0 Å². The molecule has 4 nitrogen and oxygen atoms in total. The van der Waals surface area contributed by atoms with Gasteiger partial charge in [0.15, 0.2) is 0 Å². The van der Waals surface area contributed by atoms with Crippen LogP contribution in [0.4, 0.5) is 0 Å². The van der Waals surface area contributed by atoms with E-state index in [9.17, 15) is 4.79 Å². The second kappa shape index (κ2) is 6.37. The fourth-order valence-electron chi connectivity index (χ4n) is 2.28. The van der Waals surface area contributed by atoms with Crippen molar-refractivity contribution in [2.45, 2.75) is 39.0 Å². The first-order valence-corrected chi connectivity index (χ1v) is 7.15. The van der Waals surface area contributed by atoms with Crippen LogP contribution in [0.15, 0.2) is 30.3 Å². The maximum atomic E-state index is 12.1. The van der Waals surface area contributed by atoms with E-state index < -0.39 is 0 Å². The Bertz CT molecular complexity index is 440. The molecular weight excluding hydrogens is 252 g/mol. The molecule has 1 saturated heterocycles. The maximum absolute atomic E-state index is 12.1. The van der Waals surface area contributed by atoms with E-state index >= 15 is 0 Å². The lowest BCUT2D eigenvalue weighted by Crippen LogP contribution is -2.57. The molecule has 0 unspecified atom stereocenters. The molecule has 1 aliphatic heterocycles. The van der Waals surface area contributed by atoms with Crippen molar-refractivity contribution in [1.29, 1.82) is 0 Å². The normalized spacial score (nSPS) is 20.8. The number of ether oxygens (including phenoxy) is 1. The van der Waals surface area contributed by atoms with E-state index in [1.807, 2.05) is 39.0 Å². The van der Waals surface area contributed by atoms with E-state index in [0.29, 0.717) is 13.2 Å². The molecule has 1 atom stereocenters. The molecule has 0 aliphatic carbocycles. The smallest absolute Gasteiger partial charge is 0.239 e. The van der Waals surface area contributed by atoms with Gasteiger partial charge in [-0.15, -0.1) is 0 Å². The summed E-state index contributed by atoms with van der Waals surface area (Å²) >= 11 is 0. The van der Waals surface area contributed by atoms with Crippen LogP contribution in [0.25, 0.3) is 0 Å². The fraction of sp³-hybridized carbons (Fsp3) is 0.562. The van der Waals surface area contributed by atoms with Crippen LogP contribution in [0.3, 0.4) is 0 Å². The fourth-order valence-corrected chi connectivity index (χ4v) is 2.28. The predicted molar refractivity (Wildman–Crippen MR) is 79.4 cm³/mol. The van der Waals surface area contributed by atoms with E-state index in [2.05, 4.69) is 22.3 Å². The minimum Gasteiger partial charge on any atom is -0.374 e. The van der Waals surface area contributed by atoms with Gasteiger partial charge in [-0.2, -0.15) is 0 Å². The van der Waals surface area contributed by atoms with Crippen molar-refractivity contribution in [2.24, 2.45) is 0 Å². The summed E-state index contributed by atoms with van der Waals surface area (Å²) in [6, 6.07) is 10.0. The molecule has 1 heterocycles. The van der Waals surface area contributed by atoms with E-state index in [1.54, 1.807) is 0 Å². The summed E-state index contributed by atoms with van der Waals surface area (Å²) in [5.41, 5.74) is 0.999. The molecule has 110 valence electrons. The molecule has 0 bridgehead atoms. The van der Waals surface area contributed by atoms with Crippen LogP contribution in [0.2, 0.25) is 0 Å². The SMILES string of the molecule is CC(C)(C)OC[C@@H]1C(=O)NCCN1Cc1ccccc1. The number of carbonyl (C=O) groups excluding carboxylic acids is 1. The predicted octanol–water partition coefficient (Wildman–Crippen LogP) is 1.80. The average Bonchev–Trinajstić information content (AvgIpc) is 2.38. The minimum atomic E-state index is -0.226. The Balaban J connectivity index is 2.02. The number of nitrogens with zero attached hydrogens (tertiary/aromatic N) is 1. The first-order valence-electron chi connectivity index (χ1n) is 7.15. The number of hydrogen-bond donors (Lipinski definition) is 1. The quantitative estimate of drug-likeness (QED) is 0.912. The number of benzene rings is 1. The topological polar surface area (TPSA) is 41.6 Å². The monoisotopic (exact) mass is 276 g/mol. The lowest BCUT2D eigenvalue weighted by molar-refractivity contribution is -0.134. The number of nitrogens with one attached hydrogen (secondary N) is 1. The second-order valence-corrected chi connectivity index (χ2v) is 6.19. The van der Waals surface area contributed by atoms with Crippen molar-refractivity contribution < 1.29 is 9.53 Å². The van der Waals surface area contributed by atoms with Crippen LogP contribution in [0.1, 0.15) is 26.3 Å². The van der Waals surface area contributed by atoms with Crippen LogP contribution in [-0.4, -0.2) is 42.1 Å². The third-order valence-corrected chi connectivity index (χ3v) is 3.34. The lowest BCUT2D eigenvalue weighted by atomic mass is 10.1. The third-order valence-electron chi connectivity index (χ3n) is 3.34. The molecule has 0 spiro atoms. The Morgan fingerprint density at radius 1 is 1.30 bits per heavy atom. The Kier molecular flexibility index (Phi) is 4.78. The molecule has 0 saturated carbocycles. The van der Waals surface area contributed by atoms with Gasteiger partial charge in [-0.1, -0.05) is 30.3 Å². The summed E-state index contributed by atoms with van der Waals surface area (Å²) < 4.78 is 5.80. The molecular formula is C16H24N2O2. The number of rotatable bonds is 4. The lowest BCUT2D eigenvalue weighted by Gasteiger charge is -2.36. The highest BCUT2D eigenvalue weighted by atomic mass is 16.5. The van der Waals surface area contributed by atoms with E-state index in [4.69, 9.17) is 4.74 Å². The zero-order valence-corrected chi connectivity index (χ0v) is 12.6. The van der Waals surface area contributed by atoms with E-state index in [1.165, 1.54) is 5.56 Å². The van der Waals surface area contributed by atoms with Crippen molar-refractivity contribution in [3.63, 3.8) is 0 Å². The highest BCUT2D eigenvalue weighted by molar-refractivity contribution is 5.82. The van der Waals surface area contributed by atoms with Crippen molar-refractivity contribution in [1.82, 2.24) is 10.2 Å². The zero-order chi connectivity index (χ0) is 14.6. The maximum Gasteiger partial charge on any atom is 0.239 e. The Morgan fingerprint density at radius 2 is 2.00 bits per heavy atom. The number of amides is 1.